The Morgan fingerprint density at radius 1 is 1.18 bits per heavy atom. The second-order valence-electron chi connectivity index (χ2n) is 10.1. The summed E-state index contributed by atoms with van der Waals surface area (Å²) in [6.45, 7) is 3.14. The first kappa shape index (κ1) is 25.4. The molecule has 34 heavy (non-hydrogen) atoms. The highest BCUT2D eigenvalue weighted by molar-refractivity contribution is 8.00. The summed E-state index contributed by atoms with van der Waals surface area (Å²) in [6, 6.07) is 6.79. The van der Waals surface area contributed by atoms with Gasteiger partial charge in [0.1, 0.15) is 5.75 Å². The molecule has 3 fully saturated rings. The van der Waals surface area contributed by atoms with Gasteiger partial charge < -0.3 is 20.7 Å². The summed E-state index contributed by atoms with van der Waals surface area (Å²) in [7, 11) is 1.93. The van der Waals surface area contributed by atoms with Crippen molar-refractivity contribution < 1.29 is 14.3 Å². The van der Waals surface area contributed by atoms with E-state index in [0.29, 0.717) is 17.6 Å². The third-order valence-corrected chi connectivity index (χ3v) is 9.36. The standard InChI is InChI=1S/C24H32N2O3S.C3H9N/c27-22(8-4-3-7-21-23-20(14-30-21)25-24(28)26-23)29-17-12-11-16-10-9-15-5-1-2-6-18(15)19(16)13-17;1-3-4-2/h11-13,15,18,20-21,23H,1-10,14H2,(H2,25,26,28);4H,3H2,1-2H3. The van der Waals surface area contributed by atoms with Crippen LogP contribution in [0.5, 0.6) is 5.75 Å². The molecule has 3 N–H and O–H groups in total. The van der Waals surface area contributed by atoms with Gasteiger partial charge in [0, 0.05) is 17.4 Å². The van der Waals surface area contributed by atoms with E-state index < -0.39 is 0 Å². The van der Waals surface area contributed by atoms with Crippen molar-refractivity contribution in [1.29, 1.82) is 0 Å². The van der Waals surface area contributed by atoms with Crippen LogP contribution in [0.4, 0.5) is 4.79 Å². The van der Waals surface area contributed by atoms with Crippen LogP contribution in [0.3, 0.4) is 0 Å². The zero-order chi connectivity index (χ0) is 23.9. The van der Waals surface area contributed by atoms with Gasteiger partial charge in [0.25, 0.3) is 0 Å². The summed E-state index contributed by atoms with van der Waals surface area (Å²) in [5, 5.41) is 9.39. The summed E-state index contributed by atoms with van der Waals surface area (Å²) >= 11 is 1.93. The van der Waals surface area contributed by atoms with E-state index in [4.69, 9.17) is 4.74 Å². The van der Waals surface area contributed by atoms with Crippen molar-refractivity contribution >= 4 is 23.8 Å². The van der Waals surface area contributed by atoms with Crippen LogP contribution in [0.15, 0.2) is 18.2 Å². The zero-order valence-corrected chi connectivity index (χ0v) is 21.6. The van der Waals surface area contributed by atoms with Gasteiger partial charge >= 0.3 is 12.0 Å². The average Bonchev–Trinajstić information content (AvgIpc) is 3.41. The van der Waals surface area contributed by atoms with E-state index in [1.807, 2.05) is 24.9 Å². The van der Waals surface area contributed by atoms with Gasteiger partial charge in [0.15, 0.2) is 0 Å². The predicted molar refractivity (Wildman–Crippen MR) is 139 cm³/mol. The molecular weight excluding hydrogens is 446 g/mol. The largest absolute Gasteiger partial charge is 0.427 e. The molecule has 2 amide bonds. The van der Waals surface area contributed by atoms with Crippen molar-refractivity contribution in [2.24, 2.45) is 5.92 Å². The normalized spacial score (nSPS) is 29.0. The highest BCUT2D eigenvalue weighted by Gasteiger charge is 2.42. The van der Waals surface area contributed by atoms with E-state index in [9.17, 15) is 9.59 Å². The Morgan fingerprint density at radius 3 is 2.82 bits per heavy atom. The summed E-state index contributed by atoms with van der Waals surface area (Å²) in [4.78, 5) is 23.9. The van der Waals surface area contributed by atoms with Gasteiger partial charge in [-0.2, -0.15) is 11.8 Å². The van der Waals surface area contributed by atoms with Crippen LogP contribution in [-0.2, 0) is 11.2 Å². The highest BCUT2D eigenvalue weighted by atomic mass is 32.2. The molecule has 0 radical (unpaired) electrons. The van der Waals surface area contributed by atoms with E-state index in [1.165, 1.54) is 49.7 Å². The number of carbonyl (C=O) groups is 2. The van der Waals surface area contributed by atoms with Gasteiger partial charge in [-0.05, 0) is 87.2 Å². The van der Waals surface area contributed by atoms with Gasteiger partial charge in [-0.25, -0.2) is 4.79 Å². The molecule has 6 nitrogen and oxygen atoms in total. The van der Waals surface area contributed by atoms with Crippen LogP contribution < -0.4 is 20.7 Å². The highest BCUT2D eigenvalue weighted by Crippen LogP contribution is 2.46. The van der Waals surface area contributed by atoms with Crippen molar-refractivity contribution in [3.8, 4) is 5.75 Å². The first-order valence-corrected chi connectivity index (χ1v) is 14.3. The number of thioether (sulfide) groups is 1. The molecule has 1 aromatic carbocycles. The molecule has 5 rings (SSSR count). The zero-order valence-electron chi connectivity index (χ0n) is 20.7. The lowest BCUT2D eigenvalue weighted by molar-refractivity contribution is -0.134. The first-order valence-electron chi connectivity index (χ1n) is 13.3. The van der Waals surface area contributed by atoms with Gasteiger partial charge in [0.05, 0.1) is 12.1 Å². The van der Waals surface area contributed by atoms with Crippen molar-refractivity contribution in [3.63, 3.8) is 0 Å². The van der Waals surface area contributed by atoms with Gasteiger partial charge in [-0.3, -0.25) is 4.79 Å². The minimum absolute atomic E-state index is 0.0384. The monoisotopic (exact) mass is 487 g/mol. The van der Waals surface area contributed by atoms with E-state index >= 15 is 0 Å². The minimum atomic E-state index is -0.126. The Balaban J connectivity index is 0.000000636. The lowest BCUT2D eigenvalue weighted by Crippen LogP contribution is -2.36. The van der Waals surface area contributed by atoms with Crippen LogP contribution >= 0.6 is 11.8 Å². The molecule has 2 saturated heterocycles. The molecule has 4 aliphatic rings. The molecule has 5 unspecified atom stereocenters. The molecule has 0 spiro atoms. The molecule has 0 aromatic heterocycles. The van der Waals surface area contributed by atoms with Gasteiger partial charge in [-0.1, -0.05) is 32.3 Å². The molecular formula is C27H41N3O3S. The van der Waals surface area contributed by atoms with Crippen LogP contribution in [0.2, 0.25) is 0 Å². The summed E-state index contributed by atoms with van der Waals surface area (Å²) in [6.07, 6.45) is 11.1. The SMILES string of the molecule is CCNC.O=C1NC2CSC(CCCCC(=O)Oc3ccc4c(c3)C3CCCCC3CC4)C2N1. The number of rotatable bonds is 7. The Hall–Kier alpha value is -1.73. The van der Waals surface area contributed by atoms with Gasteiger partial charge in [-0.15, -0.1) is 0 Å². The summed E-state index contributed by atoms with van der Waals surface area (Å²) < 4.78 is 5.70. The Bertz CT molecular complexity index is 846. The molecule has 2 aliphatic carbocycles. The minimum Gasteiger partial charge on any atom is -0.427 e. The number of nitrogens with one attached hydrogen (secondary N) is 3. The fraction of sp³-hybridized carbons (Fsp3) is 0.704. The second-order valence-corrected chi connectivity index (χ2v) is 11.4. The van der Waals surface area contributed by atoms with Crippen LogP contribution in [0.25, 0.3) is 0 Å². The number of urea groups is 1. The van der Waals surface area contributed by atoms with E-state index in [1.54, 1.807) is 0 Å². The lowest BCUT2D eigenvalue weighted by Gasteiger charge is -2.37. The number of amides is 2. The molecule has 2 heterocycles. The van der Waals surface area contributed by atoms with Crippen LogP contribution in [-0.4, -0.2) is 48.7 Å². The number of ether oxygens (including phenoxy) is 1. The number of fused-ring (bicyclic) bond motifs is 4. The van der Waals surface area contributed by atoms with E-state index in [2.05, 4.69) is 35.0 Å². The molecule has 7 heteroatoms. The Kier molecular flexibility index (Phi) is 9.17. The fourth-order valence-corrected chi connectivity index (χ4v) is 7.50. The lowest BCUT2D eigenvalue weighted by atomic mass is 9.68. The summed E-state index contributed by atoms with van der Waals surface area (Å²) in [5.41, 5.74) is 2.90. The van der Waals surface area contributed by atoms with E-state index in [-0.39, 0.29) is 24.1 Å². The maximum Gasteiger partial charge on any atom is 0.315 e. The Morgan fingerprint density at radius 2 is 2.00 bits per heavy atom. The van der Waals surface area contributed by atoms with Crippen molar-refractivity contribution in [2.45, 2.75) is 94.4 Å². The van der Waals surface area contributed by atoms with Crippen LogP contribution in [0, 0.1) is 5.92 Å². The van der Waals surface area contributed by atoms with E-state index in [0.717, 1.165) is 43.2 Å². The third-order valence-electron chi connectivity index (χ3n) is 7.85. The second kappa shape index (κ2) is 12.3. The average molecular weight is 488 g/mol. The maximum absolute atomic E-state index is 12.4. The maximum atomic E-state index is 12.4. The quantitative estimate of drug-likeness (QED) is 0.224. The number of aryl methyl sites for hydroxylation is 1. The molecule has 1 aromatic rings. The molecule has 188 valence electrons. The molecule has 1 saturated carbocycles. The predicted octanol–water partition coefficient (Wildman–Crippen LogP) is 4.76. The molecule has 5 atom stereocenters. The topological polar surface area (TPSA) is 79.5 Å². The van der Waals surface area contributed by atoms with Crippen molar-refractivity contribution in [3.05, 3.63) is 29.3 Å². The van der Waals surface area contributed by atoms with Crippen molar-refractivity contribution in [1.82, 2.24) is 16.0 Å². The Labute approximate surface area is 208 Å². The van der Waals surface area contributed by atoms with Gasteiger partial charge in [0.2, 0.25) is 0 Å². The number of carbonyl (C=O) groups excluding carboxylic acids is 2. The molecule has 2 aliphatic heterocycles. The number of benzene rings is 1. The molecule has 0 bridgehead atoms. The number of hydrogen-bond donors (Lipinski definition) is 3. The van der Waals surface area contributed by atoms with Crippen LogP contribution in [0.1, 0.15) is 81.8 Å². The number of hydrogen-bond acceptors (Lipinski definition) is 5. The third kappa shape index (κ3) is 6.28. The number of unbranched alkanes of at least 4 members (excludes halogenated alkanes) is 1. The fourth-order valence-electron chi connectivity index (χ4n) is 5.95. The smallest absolute Gasteiger partial charge is 0.315 e. The summed E-state index contributed by atoms with van der Waals surface area (Å²) in [5.74, 6) is 3.07. The first-order chi connectivity index (χ1) is 16.6. The van der Waals surface area contributed by atoms with Crippen molar-refractivity contribution in [2.75, 3.05) is 19.3 Å². The number of esters is 1.